The highest BCUT2D eigenvalue weighted by atomic mass is 32.1. The first-order chi connectivity index (χ1) is 10.5. The molecule has 22 heavy (non-hydrogen) atoms. The van der Waals surface area contributed by atoms with Crippen LogP contribution in [0, 0.1) is 17.3 Å². The molecule has 4 heteroatoms. The monoisotopic (exact) mass is 319 g/mol. The van der Waals surface area contributed by atoms with Gasteiger partial charge in [0.1, 0.15) is 0 Å². The normalized spacial score (nSPS) is 39.1. The number of amides is 1. The minimum Gasteiger partial charge on any atom is -0.390 e. The molecule has 0 aliphatic heterocycles. The van der Waals surface area contributed by atoms with Gasteiger partial charge in [0.05, 0.1) is 5.60 Å². The summed E-state index contributed by atoms with van der Waals surface area (Å²) in [5.74, 6) is 1.50. The van der Waals surface area contributed by atoms with E-state index in [2.05, 4.69) is 22.8 Å². The van der Waals surface area contributed by atoms with Crippen LogP contribution >= 0.6 is 11.3 Å². The second-order valence-electron chi connectivity index (χ2n) is 8.04. The molecule has 4 aliphatic rings. The van der Waals surface area contributed by atoms with Gasteiger partial charge in [0.2, 0.25) is 5.91 Å². The van der Waals surface area contributed by atoms with Crippen molar-refractivity contribution in [3.63, 3.8) is 0 Å². The molecule has 1 amide bonds. The van der Waals surface area contributed by atoms with Crippen LogP contribution in [0.1, 0.15) is 49.8 Å². The number of thiophene rings is 1. The Balaban J connectivity index is 1.33. The number of hydrogen-bond donors (Lipinski definition) is 2. The van der Waals surface area contributed by atoms with Gasteiger partial charge in [-0.05, 0) is 73.6 Å². The molecule has 4 bridgehead atoms. The zero-order valence-corrected chi connectivity index (χ0v) is 13.8. The third kappa shape index (κ3) is 2.83. The molecule has 0 radical (unpaired) electrons. The fourth-order valence-corrected chi connectivity index (χ4v) is 6.50. The van der Waals surface area contributed by atoms with E-state index in [9.17, 15) is 9.90 Å². The molecule has 4 fully saturated rings. The van der Waals surface area contributed by atoms with Gasteiger partial charge in [-0.15, -0.1) is 11.3 Å². The van der Waals surface area contributed by atoms with Gasteiger partial charge in [-0.3, -0.25) is 4.79 Å². The molecule has 2 atom stereocenters. The van der Waals surface area contributed by atoms with E-state index in [1.165, 1.54) is 11.3 Å². The third-order valence-corrected chi connectivity index (χ3v) is 6.90. The maximum atomic E-state index is 12.4. The van der Waals surface area contributed by atoms with E-state index in [-0.39, 0.29) is 11.3 Å². The minimum absolute atomic E-state index is 0.0891. The highest BCUT2D eigenvalue weighted by Gasteiger charge is 2.57. The number of carbonyl (C=O) groups excluding carboxylic acids is 1. The van der Waals surface area contributed by atoms with E-state index in [0.29, 0.717) is 18.3 Å². The number of hydrogen-bond acceptors (Lipinski definition) is 3. The standard InChI is InChI=1S/C18H25NO2S/c20-16(19-4-3-15-2-1-5-22-15)11-17-7-13-6-14(8-17)10-18(21,9-13)12-17/h1-2,5,13-14,21H,3-4,6-12H2,(H,19,20). The topological polar surface area (TPSA) is 49.3 Å². The first kappa shape index (κ1) is 14.7. The SMILES string of the molecule is O=C(CC12CC3CC(CC(O)(C3)C1)C2)NCCc1cccs1. The largest absolute Gasteiger partial charge is 0.390 e. The Bertz CT molecular complexity index is 539. The summed E-state index contributed by atoms with van der Waals surface area (Å²) >= 11 is 1.74. The fraction of sp³-hybridized carbons (Fsp3) is 0.722. The van der Waals surface area contributed by atoms with Crippen molar-refractivity contribution in [3.8, 4) is 0 Å². The van der Waals surface area contributed by atoms with Crippen LogP contribution in [0.3, 0.4) is 0 Å². The fourth-order valence-electron chi connectivity index (χ4n) is 5.79. The smallest absolute Gasteiger partial charge is 0.220 e. The second kappa shape index (κ2) is 5.34. The molecule has 1 aromatic heterocycles. The Morgan fingerprint density at radius 3 is 2.73 bits per heavy atom. The number of nitrogens with one attached hydrogen (secondary N) is 1. The Labute approximate surface area is 136 Å². The van der Waals surface area contributed by atoms with Crippen molar-refractivity contribution in [2.45, 2.75) is 57.0 Å². The van der Waals surface area contributed by atoms with Crippen LogP contribution in [0.2, 0.25) is 0 Å². The number of carbonyl (C=O) groups is 1. The minimum atomic E-state index is -0.457. The average molecular weight is 319 g/mol. The molecule has 0 aromatic carbocycles. The summed E-state index contributed by atoms with van der Waals surface area (Å²) in [6, 6.07) is 4.17. The lowest BCUT2D eigenvalue weighted by Gasteiger charge is -2.60. The van der Waals surface area contributed by atoms with Gasteiger partial charge in [-0.1, -0.05) is 6.07 Å². The van der Waals surface area contributed by atoms with Crippen LogP contribution in [0.4, 0.5) is 0 Å². The van der Waals surface area contributed by atoms with Crippen molar-refractivity contribution in [1.82, 2.24) is 5.32 Å². The summed E-state index contributed by atoms with van der Waals surface area (Å²) in [4.78, 5) is 13.7. The Hall–Kier alpha value is -0.870. The molecule has 0 spiro atoms. The molecule has 3 nitrogen and oxygen atoms in total. The summed E-state index contributed by atoms with van der Waals surface area (Å²) < 4.78 is 0. The van der Waals surface area contributed by atoms with Crippen molar-refractivity contribution in [2.75, 3.05) is 6.54 Å². The first-order valence-electron chi connectivity index (χ1n) is 8.56. The molecule has 5 rings (SSSR count). The van der Waals surface area contributed by atoms with E-state index in [1.54, 1.807) is 11.3 Å². The number of aliphatic hydroxyl groups is 1. The first-order valence-corrected chi connectivity index (χ1v) is 9.44. The van der Waals surface area contributed by atoms with E-state index in [0.717, 1.165) is 45.1 Å². The highest BCUT2D eigenvalue weighted by molar-refractivity contribution is 7.09. The summed E-state index contributed by atoms with van der Waals surface area (Å²) in [5, 5.41) is 15.9. The van der Waals surface area contributed by atoms with Gasteiger partial charge in [0, 0.05) is 17.8 Å². The molecular weight excluding hydrogens is 294 g/mol. The van der Waals surface area contributed by atoms with Gasteiger partial charge in [0.25, 0.3) is 0 Å². The average Bonchev–Trinajstić information content (AvgIpc) is 2.87. The van der Waals surface area contributed by atoms with Gasteiger partial charge in [-0.2, -0.15) is 0 Å². The zero-order valence-electron chi connectivity index (χ0n) is 13.0. The summed E-state index contributed by atoms with van der Waals surface area (Å²) in [5.41, 5.74) is -0.368. The van der Waals surface area contributed by atoms with Crippen molar-refractivity contribution in [2.24, 2.45) is 17.3 Å². The molecule has 1 heterocycles. The lowest BCUT2D eigenvalue weighted by atomic mass is 9.47. The molecule has 2 unspecified atom stereocenters. The summed E-state index contributed by atoms with van der Waals surface area (Å²) in [6.07, 6.45) is 7.94. The van der Waals surface area contributed by atoms with Gasteiger partial charge < -0.3 is 10.4 Å². The Kier molecular flexibility index (Phi) is 3.57. The van der Waals surface area contributed by atoms with Crippen molar-refractivity contribution < 1.29 is 9.90 Å². The predicted molar refractivity (Wildman–Crippen MR) is 87.7 cm³/mol. The maximum absolute atomic E-state index is 12.4. The van der Waals surface area contributed by atoms with Crippen molar-refractivity contribution in [3.05, 3.63) is 22.4 Å². The van der Waals surface area contributed by atoms with Crippen LogP contribution in [0.5, 0.6) is 0 Å². The molecular formula is C18H25NO2S. The molecule has 2 N–H and O–H groups in total. The highest BCUT2D eigenvalue weighted by Crippen LogP contribution is 2.62. The maximum Gasteiger partial charge on any atom is 0.220 e. The van der Waals surface area contributed by atoms with E-state index in [4.69, 9.17) is 0 Å². The molecule has 1 aromatic rings. The zero-order chi connectivity index (χ0) is 15.2. The van der Waals surface area contributed by atoms with E-state index < -0.39 is 5.60 Å². The number of rotatable bonds is 5. The lowest BCUT2D eigenvalue weighted by Crippen LogP contribution is -2.56. The van der Waals surface area contributed by atoms with Gasteiger partial charge in [0.15, 0.2) is 0 Å². The van der Waals surface area contributed by atoms with Crippen molar-refractivity contribution in [1.29, 1.82) is 0 Å². The van der Waals surface area contributed by atoms with Crippen LogP contribution in [-0.4, -0.2) is 23.2 Å². The lowest BCUT2D eigenvalue weighted by molar-refractivity contribution is -0.169. The Morgan fingerprint density at radius 2 is 2.09 bits per heavy atom. The Morgan fingerprint density at radius 1 is 1.32 bits per heavy atom. The van der Waals surface area contributed by atoms with Gasteiger partial charge >= 0.3 is 0 Å². The van der Waals surface area contributed by atoms with Gasteiger partial charge in [-0.25, -0.2) is 0 Å². The second-order valence-corrected chi connectivity index (χ2v) is 9.07. The summed E-state index contributed by atoms with van der Waals surface area (Å²) in [7, 11) is 0. The third-order valence-electron chi connectivity index (χ3n) is 5.96. The quantitative estimate of drug-likeness (QED) is 0.876. The molecule has 120 valence electrons. The van der Waals surface area contributed by atoms with Crippen LogP contribution in [-0.2, 0) is 11.2 Å². The van der Waals surface area contributed by atoms with E-state index in [1.807, 2.05) is 0 Å². The van der Waals surface area contributed by atoms with Crippen LogP contribution in [0.15, 0.2) is 17.5 Å². The molecule has 4 saturated carbocycles. The summed E-state index contributed by atoms with van der Waals surface area (Å²) in [6.45, 7) is 0.729. The predicted octanol–water partition coefficient (Wildman–Crippen LogP) is 3.13. The van der Waals surface area contributed by atoms with E-state index >= 15 is 0 Å². The van der Waals surface area contributed by atoms with Crippen LogP contribution in [0.25, 0.3) is 0 Å². The molecule has 4 aliphatic carbocycles. The van der Waals surface area contributed by atoms with Crippen LogP contribution < -0.4 is 5.32 Å². The van der Waals surface area contributed by atoms with Crippen molar-refractivity contribution >= 4 is 17.2 Å². The molecule has 0 saturated heterocycles.